The molecule has 0 aromatic heterocycles. The lowest BCUT2D eigenvalue weighted by Crippen LogP contribution is -2.38. The summed E-state index contributed by atoms with van der Waals surface area (Å²) in [5.74, 6) is -0.0492. The van der Waals surface area contributed by atoms with Crippen LogP contribution in [0.15, 0.2) is 30.3 Å². The average molecular weight is 274 g/mol. The molecule has 1 aromatic carbocycles. The Labute approximate surface area is 120 Å². The van der Waals surface area contributed by atoms with Gasteiger partial charge in [-0.15, -0.1) is 0 Å². The van der Waals surface area contributed by atoms with Gasteiger partial charge in [-0.3, -0.25) is 9.59 Å². The van der Waals surface area contributed by atoms with Crippen molar-refractivity contribution in [1.82, 2.24) is 9.80 Å². The van der Waals surface area contributed by atoms with Gasteiger partial charge in [-0.1, -0.05) is 30.3 Å². The number of carbonyl (C=O) groups is 2. The number of hydrogen-bond donors (Lipinski definition) is 0. The summed E-state index contributed by atoms with van der Waals surface area (Å²) in [5, 5.41) is 0. The van der Waals surface area contributed by atoms with Crippen LogP contribution in [0.2, 0.25) is 0 Å². The third kappa shape index (κ3) is 3.18. The van der Waals surface area contributed by atoms with Gasteiger partial charge < -0.3 is 9.80 Å². The molecule has 1 saturated heterocycles. The molecule has 108 valence electrons. The standard InChI is InChI=1S/C16H22N2O2/c1-12(2)17(3)16(20)14-9-15(19)18(11-14)10-13-7-5-4-6-8-13/h4-8,12,14H,9-11H2,1-3H3. The zero-order valence-electron chi connectivity index (χ0n) is 12.4. The summed E-state index contributed by atoms with van der Waals surface area (Å²) >= 11 is 0. The van der Waals surface area contributed by atoms with Gasteiger partial charge in [0.1, 0.15) is 0 Å². The van der Waals surface area contributed by atoms with Crippen LogP contribution in [0.4, 0.5) is 0 Å². The Bertz CT molecular complexity index is 485. The van der Waals surface area contributed by atoms with Crippen molar-refractivity contribution in [3.8, 4) is 0 Å². The molecule has 1 heterocycles. The highest BCUT2D eigenvalue weighted by molar-refractivity contribution is 5.89. The Balaban J connectivity index is 1.99. The highest BCUT2D eigenvalue weighted by Gasteiger charge is 2.35. The average Bonchev–Trinajstić information content (AvgIpc) is 2.79. The Kier molecular flexibility index (Phi) is 4.42. The summed E-state index contributed by atoms with van der Waals surface area (Å²) < 4.78 is 0. The third-order valence-electron chi connectivity index (χ3n) is 3.90. The Morgan fingerprint density at radius 2 is 2.00 bits per heavy atom. The second-order valence-electron chi connectivity index (χ2n) is 5.70. The van der Waals surface area contributed by atoms with Gasteiger partial charge in [0.2, 0.25) is 11.8 Å². The predicted octanol–water partition coefficient (Wildman–Crippen LogP) is 1.90. The SMILES string of the molecule is CC(C)N(C)C(=O)C1CC(=O)N(Cc2ccccc2)C1. The van der Waals surface area contributed by atoms with Gasteiger partial charge in [-0.2, -0.15) is 0 Å². The van der Waals surface area contributed by atoms with E-state index in [1.165, 1.54) is 0 Å². The van der Waals surface area contributed by atoms with E-state index in [4.69, 9.17) is 0 Å². The maximum Gasteiger partial charge on any atom is 0.227 e. The van der Waals surface area contributed by atoms with Crippen LogP contribution in [0.25, 0.3) is 0 Å². The molecule has 2 rings (SSSR count). The fraction of sp³-hybridized carbons (Fsp3) is 0.500. The number of nitrogens with zero attached hydrogens (tertiary/aromatic N) is 2. The number of benzene rings is 1. The molecular weight excluding hydrogens is 252 g/mol. The summed E-state index contributed by atoms with van der Waals surface area (Å²) in [6.07, 6.45) is 0.336. The van der Waals surface area contributed by atoms with Gasteiger partial charge in [0, 0.05) is 32.6 Å². The van der Waals surface area contributed by atoms with Crippen LogP contribution >= 0.6 is 0 Å². The van der Waals surface area contributed by atoms with Crippen LogP contribution in [-0.4, -0.2) is 41.2 Å². The molecule has 1 fully saturated rings. The van der Waals surface area contributed by atoms with Crippen LogP contribution in [0, 0.1) is 5.92 Å². The monoisotopic (exact) mass is 274 g/mol. The van der Waals surface area contributed by atoms with E-state index in [9.17, 15) is 9.59 Å². The lowest BCUT2D eigenvalue weighted by Gasteiger charge is -2.24. The Hall–Kier alpha value is -1.84. The van der Waals surface area contributed by atoms with Crippen molar-refractivity contribution in [2.45, 2.75) is 32.9 Å². The Morgan fingerprint density at radius 3 is 2.60 bits per heavy atom. The molecule has 1 aliphatic rings. The van der Waals surface area contributed by atoms with Gasteiger partial charge in [-0.05, 0) is 19.4 Å². The summed E-state index contributed by atoms with van der Waals surface area (Å²) in [4.78, 5) is 27.8. The maximum atomic E-state index is 12.3. The van der Waals surface area contributed by atoms with E-state index in [0.29, 0.717) is 19.5 Å². The summed E-state index contributed by atoms with van der Waals surface area (Å²) in [7, 11) is 1.80. The van der Waals surface area contributed by atoms with Crippen LogP contribution < -0.4 is 0 Å². The van der Waals surface area contributed by atoms with E-state index in [-0.39, 0.29) is 23.8 Å². The van der Waals surface area contributed by atoms with Gasteiger partial charge in [0.05, 0.1) is 5.92 Å². The minimum atomic E-state index is -0.196. The zero-order valence-corrected chi connectivity index (χ0v) is 12.4. The minimum absolute atomic E-state index is 0.0731. The van der Waals surface area contributed by atoms with Crippen LogP contribution in [0.3, 0.4) is 0 Å². The van der Waals surface area contributed by atoms with E-state index in [1.54, 1.807) is 16.8 Å². The highest BCUT2D eigenvalue weighted by atomic mass is 16.2. The normalized spacial score (nSPS) is 18.7. The molecule has 2 amide bonds. The summed E-state index contributed by atoms with van der Waals surface area (Å²) in [6.45, 7) is 5.09. The number of carbonyl (C=O) groups excluding carboxylic acids is 2. The first-order valence-electron chi connectivity index (χ1n) is 7.07. The molecule has 0 aliphatic carbocycles. The number of amides is 2. The molecule has 20 heavy (non-hydrogen) atoms. The molecular formula is C16H22N2O2. The first kappa shape index (κ1) is 14.6. The van der Waals surface area contributed by atoms with Crippen molar-refractivity contribution in [3.05, 3.63) is 35.9 Å². The smallest absolute Gasteiger partial charge is 0.227 e. The molecule has 1 aromatic rings. The van der Waals surface area contributed by atoms with E-state index in [2.05, 4.69) is 0 Å². The maximum absolute atomic E-state index is 12.3. The molecule has 4 nitrogen and oxygen atoms in total. The first-order valence-corrected chi connectivity index (χ1v) is 7.07. The largest absolute Gasteiger partial charge is 0.343 e. The van der Waals surface area contributed by atoms with Gasteiger partial charge >= 0.3 is 0 Å². The van der Waals surface area contributed by atoms with E-state index in [1.807, 2.05) is 44.2 Å². The lowest BCUT2D eigenvalue weighted by atomic mass is 10.1. The Morgan fingerprint density at radius 1 is 1.35 bits per heavy atom. The third-order valence-corrected chi connectivity index (χ3v) is 3.90. The molecule has 4 heteroatoms. The van der Waals surface area contributed by atoms with Gasteiger partial charge in [-0.25, -0.2) is 0 Å². The predicted molar refractivity (Wildman–Crippen MR) is 77.9 cm³/mol. The summed E-state index contributed by atoms with van der Waals surface area (Å²) in [5.41, 5.74) is 1.10. The van der Waals surface area contributed by atoms with Crippen LogP contribution in [0.5, 0.6) is 0 Å². The molecule has 1 unspecified atom stereocenters. The molecule has 1 aliphatic heterocycles. The molecule has 0 spiro atoms. The molecule has 0 bridgehead atoms. The van der Waals surface area contributed by atoms with Crippen molar-refractivity contribution >= 4 is 11.8 Å². The summed E-state index contributed by atoms with van der Waals surface area (Å²) in [6, 6.07) is 10.1. The molecule has 0 radical (unpaired) electrons. The van der Waals surface area contributed by atoms with Crippen LogP contribution in [-0.2, 0) is 16.1 Å². The second kappa shape index (κ2) is 6.07. The number of rotatable bonds is 4. The topological polar surface area (TPSA) is 40.6 Å². The van der Waals surface area contributed by atoms with Crippen molar-refractivity contribution < 1.29 is 9.59 Å². The molecule has 0 N–H and O–H groups in total. The van der Waals surface area contributed by atoms with E-state index >= 15 is 0 Å². The first-order chi connectivity index (χ1) is 9.49. The highest BCUT2D eigenvalue weighted by Crippen LogP contribution is 2.22. The van der Waals surface area contributed by atoms with Gasteiger partial charge in [0.15, 0.2) is 0 Å². The number of hydrogen-bond acceptors (Lipinski definition) is 2. The second-order valence-corrected chi connectivity index (χ2v) is 5.70. The molecule has 1 atom stereocenters. The quantitative estimate of drug-likeness (QED) is 0.841. The van der Waals surface area contributed by atoms with Crippen molar-refractivity contribution in [1.29, 1.82) is 0 Å². The lowest BCUT2D eigenvalue weighted by molar-refractivity contribution is -0.136. The van der Waals surface area contributed by atoms with Crippen LogP contribution in [0.1, 0.15) is 25.8 Å². The van der Waals surface area contributed by atoms with Crippen molar-refractivity contribution in [2.24, 2.45) is 5.92 Å². The zero-order chi connectivity index (χ0) is 14.7. The molecule has 0 saturated carbocycles. The minimum Gasteiger partial charge on any atom is -0.343 e. The van der Waals surface area contributed by atoms with E-state index < -0.39 is 0 Å². The number of likely N-dealkylation sites (tertiary alicyclic amines) is 1. The fourth-order valence-electron chi connectivity index (χ4n) is 2.44. The fourth-order valence-corrected chi connectivity index (χ4v) is 2.44. The van der Waals surface area contributed by atoms with Crippen molar-refractivity contribution in [3.63, 3.8) is 0 Å². The van der Waals surface area contributed by atoms with E-state index in [0.717, 1.165) is 5.56 Å². The van der Waals surface area contributed by atoms with Crippen molar-refractivity contribution in [2.75, 3.05) is 13.6 Å². The van der Waals surface area contributed by atoms with Gasteiger partial charge in [0.25, 0.3) is 0 Å².